The zero-order valence-electron chi connectivity index (χ0n) is 14.1. The Balaban J connectivity index is 2.78. The molecule has 0 aliphatic heterocycles. The number of ether oxygens (including phenoxy) is 2. The summed E-state index contributed by atoms with van der Waals surface area (Å²) in [4.78, 5) is 36.9. The average molecular weight is 329 g/mol. The molecule has 0 aliphatic rings. The lowest BCUT2D eigenvalue weighted by atomic mass is 10.1. The lowest BCUT2D eigenvalue weighted by Crippen LogP contribution is -2.30. The van der Waals surface area contributed by atoms with Crippen molar-refractivity contribution < 1.29 is 19.1 Å². The van der Waals surface area contributed by atoms with Gasteiger partial charge in [0.25, 0.3) is 5.56 Å². The molecule has 24 heavy (non-hydrogen) atoms. The van der Waals surface area contributed by atoms with E-state index in [9.17, 15) is 14.4 Å². The highest BCUT2D eigenvalue weighted by Crippen LogP contribution is 2.16. The van der Waals surface area contributed by atoms with Gasteiger partial charge in [0.05, 0.1) is 19.3 Å². The molecule has 0 radical (unpaired) electrons. The van der Waals surface area contributed by atoms with Crippen LogP contribution in [0.3, 0.4) is 0 Å². The molecule has 0 unspecified atom stereocenters. The van der Waals surface area contributed by atoms with Crippen LogP contribution in [0.15, 0.2) is 35.1 Å². The van der Waals surface area contributed by atoms with Gasteiger partial charge in [-0.1, -0.05) is 17.7 Å². The van der Waals surface area contributed by atoms with Gasteiger partial charge in [-0.25, -0.2) is 9.59 Å². The van der Waals surface area contributed by atoms with Crippen LogP contribution < -0.4 is 5.56 Å². The van der Waals surface area contributed by atoms with E-state index in [1.165, 1.54) is 17.7 Å². The Labute approximate surface area is 139 Å². The minimum atomic E-state index is -0.770. The summed E-state index contributed by atoms with van der Waals surface area (Å²) in [6.07, 6.45) is 0. The molecule has 1 aromatic carbocycles. The summed E-state index contributed by atoms with van der Waals surface area (Å²) in [5.74, 6) is -1.40. The van der Waals surface area contributed by atoms with E-state index in [1.54, 1.807) is 26.0 Å². The van der Waals surface area contributed by atoms with Crippen LogP contribution in [0.4, 0.5) is 0 Å². The smallest absolute Gasteiger partial charge is 0.343 e. The van der Waals surface area contributed by atoms with E-state index in [0.717, 1.165) is 5.56 Å². The van der Waals surface area contributed by atoms with Gasteiger partial charge in [0.15, 0.2) is 0 Å². The molecule has 126 valence electrons. The topological polar surface area (TPSA) is 74.6 Å². The SMILES string of the molecule is CCOC(=O)c1cc(C(=O)OC)c(C)n(-c2ccc(C)cc2)c1=O. The number of methoxy groups -OCH3 is 1. The van der Waals surface area contributed by atoms with Gasteiger partial charge in [-0.2, -0.15) is 0 Å². The molecule has 0 bridgehead atoms. The molecule has 0 aliphatic carbocycles. The summed E-state index contributed by atoms with van der Waals surface area (Å²) in [7, 11) is 1.24. The highest BCUT2D eigenvalue weighted by Gasteiger charge is 2.22. The van der Waals surface area contributed by atoms with E-state index in [0.29, 0.717) is 11.4 Å². The highest BCUT2D eigenvalue weighted by atomic mass is 16.5. The van der Waals surface area contributed by atoms with Crippen molar-refractivity contribution in [3.63, 3.8) is 0 Å². The fraction of sp³-hybridized carbons (Fsp3) is 0.278. The highest BCUT2D eigenvalue weighted by molar-refractivity contribution is 5.95. The van der Waals surface area contributed by atoms with Crippen LogP contribution in [-0.2, 0) is 9.47 Å². The van der Waals surface area contributed by atoms with Crippen molar-refractivity contribution >= 4 is 11.9 Å². The Morgan fingerprint density at radius 3 is 2.21 bits per heavy atom. The Morgan fingerprint density at radius 2 is 1.67 bits per heavy atom. The number of aromatic nitrogens is 1. The number of esters is 2. The summed E-state index contributed by atoms with van der Waals surface area (Å²) in [5.41, 5.74) is 1.37. The van der Waals surface area contributed by atoms with Crippen LogP contribution in [0, 0.1) is 13.8 Å². The lowest BCUT2D eigenvalue weighted by molar-refractivity contribution is 0.0523. The number of hydrogen-bond acceptors (Lipinski definition) is 5. The summed E-state index contributed by atoms with van der Waals surface area (Å²) in [6, 6.07) is 8.41. The molecule has 0 amide bonds. The van der Waals surface area contributed by atoms with Gasteiger partial charge in [0, 0.05) is 11.4 Å². The van der Waals surface area contributed by atoms with Gasteiger partial charge < -0.3 is 9.47 Å². The molecule has 2 rings (SSSR count). The molecule has 0 saturated heterocycles. The Morgan fingerprint density at radius 1 is 1.04 bits per heavy atom. The second kappa shape index (κ2) is 7.12. The molecular weight excluding hydrogens is 310 g/mol. The van der Waals surface area contributed by atoms with Crippen LogP contribution >= 0.6 is 0 Å². The van der Waals surface area contributed by atoms with Crippen molar-refractivity contribution in [1.82, 2.24) is 4.57 Å². The number of hydrogen-bond donors (Lipinski definition) is 0. The second-order valence-electron chi connectivity index (χ2n) is 5.25. The first-order valence-electron chi connectivity index (χ1n) is 7.49. The van der Waals surface area contributed by atoms with E-state index in [2.05, 4.69) is 0 Å². The fourth-order valence-corrected chi connectivity index (χ4v) is 2.38. The standard InChI is InChI=1S/C18H19NO5/c1-5-24-18(22)15-10-14(17(21)23-4)12(3)19(16(15)20)13-8-6-11(2)7-9-13/h6-10H,5H2,1-4H3. The second-order valence-corrected chi connectivity index (χ2v) is 5.25. The minimum Gasteiger partial charge on any atom is -0.465 e. The molecule has 0 spiro atoms. The fourth-order valence-electron chi connectivity index (χ4n) is 2.38. The Hall–Kier alpha value is -2.89. The third-order valence-corrected chi connectivity index (χ3v) is 3.64. The maximum atomic E-state index is 12.8. The summed E-state index contributed by atoms with van der Waals surface area (Å²) in [5, 5.41) is 0. The molecule has 1 heterocycles. The number of carbonyl (C=O) groups is 2. The molecule has 6 heteroatoms. The van der Waals surface area contributed by atoms with Gasteiger partial charge in [-0.15, -0.1) is 0 Å². The summed E-state index contributed by atoms with van der Waals surface area (Å²) < 4.78 is 11.0. The number of benzene rings is 1. The number of carbonyl (C=O) groups excluding carboxylic acids is 2. The van der Waals surface area contributed by atoms with E-state index in [4.69, 9.17) is 9.47 Å². The lowest BCUT2D eigenvalue weighted by Gasteiger charge is -2.15. The quantitative estimate of drug-likeness (QED) is 0.805. The number of rotatable bonds is 4. The predicted octanol–water partition coefficient (Wildman–Crippen LogP) is 2.42. The molecule has 1 aromatic heterocycles. The Bertz CT molecular complexity index is 834. The predicted molar refractivity (Wildman–Crippen MR) is 88.8 cm³/mol. The zero-order valence-corrected chi connectivity index (χ0v) is 14.1. The van der Waals surface area contributed by atoms with E-state index in [1.807, 2.05) is 19.1 Å². The van der Waals surface area contributed by atoms with Crippen LogP contribution in [0.1, 0.15) is 38.9 Å². The van der Waals surface area contributed by atoms with E-state index in [-0.39, 0.29) is 17.7 Å². The van der Waals surface area contributed by atoms with Gasteiger partial charge in [0.2, 0.25) is 0 Å². The molecule has 0 atom stereocenters. The molecule has 0 saturated carbocycles. The first kappa shape index (κ1) is 17.5. The van der Waals surface area contributed by atoms with Gasteiger partial charge in [-0.3, -0.25) is 9.36 Å². The van der Waals surface area contributed by atoms with E-state index >= 15 is 0 Å². The largest absolute Gasteiger partial charge is 0.465 e. The monoisotopic (exact) mass is 329 g/mol. The average Bonchev–Trinajstić information content (AvgIpc) is 2.56. The third-order valence-electron chi connectivity index (χ3n) is 3.64. The van der Waals surface area contributed by atoms with Crippen molar-refractivity contribution in [2.45, 2.75) is 20.8 Å². The van der Waals surface area contributed by atoms with Crippen molar-refractivity contribution in [3.05, 3.63) is 63.1 Å². The molecule has 2 aromatic rings. The summed E-state index contributed by atoms with van der Waals surface area (Å²) in [6.45, 7) is 5.33. The molecular formula is C18H19NO5. The maximum absolute atomic E-state index is 12.8. The van der Waals surface area contributed by atoms with Gasteiger partial charge >= 0.3 is 11.9 Å². The molecule has 6 nitrogen and oxygen atoms in total. The number of aryl methyl sites for hydroxylation is 1. The van der Waals surface area contributed by atoms with Crippen molar-refractivity contribution in [2.24, 2.45) is 0 Å². The molecule has 0 N–H and O–H groups in total. The maximum Gasteiger partial charge on any atom is 0.343 e. The van der Waals surface area contributed by atoms with Crippen LogP contribution in [-0.4, -0.2) is 30.2 Å². The number of nitrogens with zero attached hydrogens (tertiary/aromatic N) is 1. The zero-order chi connectivity index (χ0) is 17.9. The van der Waals surface area contributed by atoms with Crippen molar-refractivity contribution in [3.8, 4) is 5.69 Å². The first-order chi connectivity index (χ1) is 11.4. The molecule has 0 fully saturated rings. The normalized spacial score (nSPS) is 10.3. The van der Waals surface area contributed by atoms with Gasteiger partial charge in [-0.05, 0) is 39.0 Å². The van der Waals surface area contributed by atoms with E-state index < -0.39 is 17.5 Å². The Kier molecular flexibility index (Phi) is 5.18. The summed E-state index contributed by atoms with van der Waals surface area (Å²) >= 11 is 0. The van der Waals surface area contributed by atoms with Crippen LogP contribution in [0.2, 0.25) is 0 Å². The third kappa shape index (κ3) is 3.22. The van der Waals surface area contributed by atoms with Crippen LogP contribution in [0.25, 0.3) is 5.69 Å². The van der Waals surface area contributed by atoms with Gasteiger partial charge in [0.1, 0.15) is 5.56 Å². The van der Waals surface area contributed by atoms with Crippen LogP contribution in [0.5, 0.6) is 0 Å². The van der Waals surface area contributed by atoms with Crippen molar-refractivity contribution in [2.75, 3.05) is 13.7 Å². The minimum absolute atomic E-state index is 0.129. The van der Waals surface area contributed by atoms with Crippen molar-refractivity contribution in [1.29, 1.82) is 0 Å². The number of pyridine rings is 1. The first-order valence-corrected chi connectivity index (χ1v) is 7.49.